The number of aromatic nitrogens is 3. The second-order valence-corrected chi connectivity index (χ2v) is 7.17. The van der Waals surface area contributed by atoms with E-state index in [-0.39, 0.29) is 11.8 Å². The number of aryl methyl sites for hydroxylation is 1. The minimum absolute atomic E-state index is 0.0205. The van der Waals surface area contributed by atoms with E-state index >= 15 is 0 Å². The molecular weight excluding hydrogens is 348 g/mol. The molecule has 1 N–H and O–H groups in total. The van der Waals surface area contributed by atoms with Crippen LogP contribution in [0, 0.1) is 0 Å². The van der Waals surface area contributed by atoms with E-state index in [2.05, 4.69) is 20.4 Å². The summed E-state index contributed by atoms with van der Waals surface area (Å²) in [6.07, 6.45) is 1.51. The van der Waals surface area contributed by atoms with Crippen LogP contribution in [0.3, 0.4) is 0 Å². The van der Waals surface area contributed by atoms with Crippen molar-refractivity contribution in [1.29, 1.82) is 0 Å². The van der Waals surface area contributed by atoms with Crippen LogP contribution in [0.5, 0.6) is 0 Å². The molecule has 136 valence electrons. The summed E-state index contributed by atoms with van der Waals surface area (Å²) >= 11 is 1.62. The maximum absolute atomic E-state index is 12.0. The molecule has 0 unspecified atom stereocenters. The summed E-state index contributed by atoms with van der Waals surface area (Å²) < 4.78 is 5.15. The second-order valence-electron chi connectivity index (χ2n) is 6.31. The molecule has 1 aromatic carbocycles. The highest BCUT2D eigenvalue weighted by Crippen LogP contribution is 2.23. The van der Waals surface area contributed by atoms with E-state index in [1.165, 1.54) is 0 Å². The van der Waals surface area contributed by atoms with E-state index in [9.17, 15) is 4.79 Å². The van der Waals surface area contributed by atoms with E-state index < -0.39 is 0 Å². The standard InChI is InChI=1S/C19H22N4O2S/c1-13(2)18-22-17(25-23-18)9-8-16(24)20-11-10-15-12-26-19(21-15)14-6-4-3-5-7-14/h3-7,12-13H,8-11H2,1-2H3,(H,20,24). The smallest absolute Gasteiger partial charge is 0.227 e. The van der Waals surface area contributed by atoms with E-state index in [0.717, 1.165) is 16.3 Å². The first kappa shape index (κ1) is 18.3. The number of nitrogens with zero attached hydrogens (tertiary/aromatic N) is 3. The summed E-state index contributed by atoms with van der Waals surface area (Å²) in [7, 11) is 0. The molecule has 0 saturated heterocycles. The number of nitrogens with one attached hydrogen (secondary N) is 1. The normalized spacial score (nSPS) is 11.0. The number of carbonyl (C=O) groups is 1. The lowest BCUT2D eigenvalue weighted by Gasteiger charge is -2.02. The van der Waals surface area contributed by atoms with Gasteiger partial charge in [-0.1, -0.05) is 49.3 Å². The van der Waals surface area contributed by atoms with Crippen LogP contribution in [-0.2, 0) is 17.6 Å². The van der Waals surface area contributed by atoms with Gasteiger partial charge in [0, 0.05) is 42.7 Å². The highest BCUT2D eigenvalue weighted by molar-refractivity contribution is 7.13. The Hall–Kier alpha value is -2.54. The molecule has 0 aliphatic carbocycles. The van der Waals surface area contributed by atoms with Gasteiger partial charge in [0.25, 0.3) is 0 Å². The minimum Gasteiger partial charge on any atom is -0.356 e. The molecule has 6 nitrogen and oxygen atoms in total. The third-order valence-electron chi connectivity index (χ3n) is 3.84. The number of hydrogen-bond donors (Lipinski definition) is 1. The van der Waals surface area contributed by atoms with Gasteiger partial charge in [-0.25, -0.2) is 4.98 Å². The maximum Gasteiger partial charge on any atom is 0.227 e. The Labute approximate surface area is 156 Å². The lowest BCUT2D eigenvalue weighted by molar-refractivity contribution is -0.121. The largest absolute Gasteiger partial charge is 0.356 e. The van der Waals surface area contributed by atoms with Crippen LogP contribution in [0.2, 0.25) is 0 Å². The van der Waals surface area contributed by atoms with Crippen molar-refractivity contribution in [3.8, 4) is 10.6 Å². The summed E-state index contributed by atoms with van der Waals surface area (Å²) in [6, 6.07) is 10.1. The molecule has 0 aliphatic heterocycles. The fraction of sp³-hybridized carbons (Fsp3) is 0.368. The third-order valence-corrected chi connectivity index (χ3v) is 4.78. The monoisotopic (exact) mass is 370 g/mol. The summed E-state index contributed by atoms with van der Waals surface area (Å²) in [5.74, 6) is 1.39. The number of thiazole rings is 1. The maximum atomic E-state index is 12.0. The average molecular weight is 370 g/mol. The summed E-state index contributed by atoms with van der Waals surface area (Å²) in [5.41, 5.74) is 2.11. The molecule has 0 atom stereocenters. The highest BCUT2D eigenvalue weighted by Gasteiger charge is 2.11. The molecule has 2 aromatic heterocycles. The van der Waals surface area contributed by atoms with Crippen LogP contribution in [0.15, 0.2) is 40.2 Å². The Morgan fingerprint density at radius 2 is 2.00 bits per heavy atom. The van der Waals surface area contributed by atoms with E-state index in [1.807, 2.05) is 49.6 Å². The van der Waals surface area contributed by atoms with Gasteiger partial charge in [0.1, 0.15) is 5.01 Å². The van der Waals surface area contributed by atoms with Crippen LogP contribution in [-0.4, -0.2) is 27.6 Å². The van der Waals surface area contributed by atoms with Gasteiger partial charge < -0.3 is 9.84 Å². The molecular formula is C19H22N4O2S. The minimum atomic E-state index is -0.0205. The van der Waals surface area contributed by atoms with Crippen molar-refractivity contribution in [2.45, 2.75) is 39.0 Å². The Morgan fingerprint density at radius 3 is 2.73 bits per heavy atom. The fourth-order valence-corrected chi connectivity index (χ4v) is 3.24. The average Bonchev–Trinajstić information content (AvgIpc) is 3.30. The predicted molar refractivity (Wildman–Crippen MR) is 101 cm³/mol. The van der Waals surface area contributed by atoms with Crippen molar-refractivity contribution in [2.24, 2.45) is 0 Å². The van der Waals surface area contributed by atoms with Crippen molar-refractivity contribution in [1.82, 2.24) is 20.4 Å². The van der Waals surface area contributed by atoms with Crippen molar-refractivity contribution in [3.63, 3.8) is 0 Å². The van der Waals surface area contributed by atoms with Crippen molar-refractivity contribution >= 4 is 17.2 Å². The Bertz CT molecular complexity index is 842. The summed E-state index contributed by atoms with van der Waals surface area (Å²) in [6.45, 7) is 4.57. The first-order valence-electron chi connectivity index (χ1n) is 8.71. The Kier molecular flexibility index (Phi) is 6.12. The van der Waals surface area contributed by atoms with Crippen LogP contribution >= 0.6 is 11.3 Å². The molecule has 3 aromatic rings. The van der Waals surface area contributed by atoms with Gasteiger partial charge in [-0.3, -0.25) is 4.79 Å². The van der Waals surface area contributed by atoms with Crippen LogP contribution < -0.4 is 5.32 Å². The highest BCUT2D eigenvalue weighted by atomic mass is 32.1. The quantitative estimate of drug-likeness (QED) is 0.655. The van der Waals surface area contributed by atoms with Gasteiger partial charge in [0.05, 0.1) is 5.69 Å². The van der Waals surface area contributed by atoms with Crippen LogP contribution in [0.1, 0.15) is 43.6 Å². The molecule has 0 fully saturated rings. The van der Waals surface area contributed by atoms with Gasteiger partial charge >= 0.3 is 0 Å². The third kappa shape index (κ3) is 4.98. The molecule has 1 amide bonds. The molecule has 0 bridgehead atoms. The molecule has 3 rings (SSSR count). The van der Waals surface area contributed by atoms with E-state index in [1.54, 1.807) is 11.3 Å². The van der Waals surface area contributed by atoms with Gasteiger partial charge in [-0.15, -0.1) is 11.3 Å². The fourth-order valence-electron chi connectivity index (χ4n) is 2.38. The second kappa shape index (κ2) is 8.71. The lowest BCUT2D eigenvalue weighted by Crippen LogP contribution is -2.26. The van der Waals surface area contributed by atoms with Crippen LogP contribution in [0.4, 0.5) is 0 Å². The topological polar surface area (TPSA) is 80.9 Å². The number of amides is 1. The van der Waals surface area contributed by atoms with Gasteiger partial charge in [0.2, 0.25) is 11.8 Å². The lowest BCUT2D eigenvalue weighted by atomic mass is 10.2. The predicted octanol–water partition coefficient (Wildman–Crippen LogP) is 3.61. The molecule has 0 radical (unpaired) electrons. The number of rotatable bonds is 8. The first-order valence-corrected chi connectivity index (χ1v) is 9.59. The number of carbonyl (C=O) groups excluding carboxylic acids is 1. The van der Waals surface area contributed by atoms with Crippen molar-refractivity contribution in [2.75, 3.05) is 6.54 Å². The molecule has 0 spiro atoms. The Morgan fingerprint density at radius 1 is 1.19 bits per heavy atom. The van der Waals surface area contributed by atoms with Gasteiger partial charge in [-0.2, -0.15) is 4.98 Å². The molecule has 0 aliphatic rings. The SMILES string of the molecule is CC(C)c1noc(CCC(=O)NCCc2csc(-c3ccccc3)n2)n1. The zero-order chi connectivity index (χ0) is 18.4. The molecule has 2 heterocycles. The van der Waals surface area contributed by atoms with Gasteiger partial charge in [-0.05, 0) is 0 Å². The van der Waals surface area contributed by atoms with Gasteiger partial charge in [0.15, 0.2) is 5.82 Å². The molecule has 7 heteroatoms. The Balaban J connectivity index is 1.40. The molecule has 0 saturated carbocycles. The van der Waals surface area contributed by atoms with Crippen molar-refractivity contribution < 1.29 is 9.32 Å². The van der Waals surface area contributed by atoms with E-state index in [4.69, 9.17) is 4.52 Å². The van der Waals surface area contributed by atoms with Crippen LogP contribution in [0.25, 0.3) is 10.6 Å². The zero-order valence-corrected chi connectivity index (χ0v) is 15.8. The zero-order valence-electron chi connectivity index (χ0n) is 14.9. The first-order chi connectivity index (χ1) is 12.6. The van der Waals surface area contributed by atoms with Crippen molar-refractivity contribution in [3.05, 3.63) is 53.1 Å². The number of hydrogen-bond acceptors (Lipinski definition) is 6. The van der Waals surface area contributed by atoms with E-state index in [0.29, 0.717) is 37.5 Å². The summed E-state index contributed by atoms with van der Waals surface area (Å²) in [5, 5.41) is 9.86. The summed E-state index contributed by atoms with van der Waals surface area (Å²) in [4.78, 5) is 20.9. The molecule has 26 heavy (non-hydrogen) atoms. The number of benzene rings is 1.